The predicted molar refractivity (Wildman–Crippen MR) is 37.7 cm³/mol. The Balaban J connectivity index is 2.96. The molecule has 0 saturated carbocycles. The molecule has 0 spiro atoms. The molecule has 0 heterocycles. The highest BCUT2D eigenvalue weighted by atomic mass is 16.6. The highest BCUT2D eigenvalue weighted by Crippen LogP contribution is 1.87. The highest BCUT2D eigenvalue weighted by Gasteiger charge is 1.97. The summed E-state index contributed by atoms with van der Waals surface area (Å²) in [5.41, 5.74) is 0. The van der Waals surface area contributed by atoms with E-state index in [9.17, 15) is 4.79 Å². The van der Waals surface area contributed by atoms with E-state index in [-0.39, 0.29) is 12.6 Å². The van der Waals surface area contributed by atoms with Crippen LogP contribution < -0.4 is 0 Å². The molecule has 0 unspecified atom stereocenters. The Kier molecular flexibility index (Phi) is 6.18. The Morgan fingerprint density at radius 3 is 2.70 bits per heavy atom. The third-order valence-corrected chi connectivity index (χ3v) is 1.09. The van der Waals surface area contributed by atoms with Crippen molar-refractivity contribution in [2.45, 2.75) is 19.8 Å². The van der Waals surface area contributed by atoms with E-state index in [0.29, 0.717) is 6.61 Å². The molecule has 0 aromatic carbocycles. The fraction of sp³-hybridized carbons (Fsp3) is 0.857. The zero-order valence-electron chi connectivity index (χ0n) is 6.55. The summed E-state index contributed by atoms with van der Waals surface area (Å²) in [6.07, 6.45) is 2.08. The molecule has 3 heteroatoms. The van der Waals surface area contributed by atoms with Gasteiger partial charge in [0.2, 0.25) is 0 Å². The summed E-state index contributed by atoms with van der Waals surface area (Å²) >= 11 is 0. The summed E-state index contributed by atoms with van der Waals surface area (Å²) in [4.78, 5) is 10.4. The van der Waals surface area contributed by atoms with E-state index in [1.165, 1.54) is 7.11 Å². The number of hydrogen-bond donors (Lipinski definition) is 0. The van der Waals surface area contributed by atoms with E-state index < -0.39 is 0 Å². The van der Waals surface area contributed by atoms with E-state index >= 15 is 0 Å². The third-order valence-electron chi connectivity index (χ3n) is 1.09. The molecule has 0 fully saturated rings. The van der Waals surface area contributed by atoms with Crippen molar-refractivity contribution in [3.8, 4) is 0 Å². The molecular formula is C7H14O3. The monoisotopic (exact) mass is 146 g/mol. The van der Waals surface area contributed by atoms with Crippen LogP contribution in [0.5, 0.6) is 0 Å². The predicted octanol–water partition coefficient (Wildman–Crippen LogP) is 0.976. The third kappa shape index (κ3) is 5.56. The number of rotatable bonds is 5. The van der Waals surface area contributed by atoms with E-state index in [1.54, 1.807) is 0 Å². The number of methoxy groups -OCH3 is 1. The Morgan fingerprint density at radius 1 is 1.50 bits per heavy atom. The Labute approximate surface area is 61.3 Å². The van der Waals surface area contributed by atoms with E-state index in [2.05, 4.69) is 11.7 Å². The fourth-order valence-corrected chi connectivity index (χ4v) is 0.461. The minimum Gasteiger partial charge on any atom is -0.467 e. The van der Waals surface area contributed by atoms with Crippen molar-refractivity contribution in [3.63, 3.8) is 0 Å². The highest BCUT2D eigenvalue weighted by molar-refractivity contribution is 5.70. The number of unbranched alkanes of at least 4 members (excludes halogenated alkanes) is 1. The zero-order valence-corrected chi connectivity index (χ0v) is 6.55. The molecular weight excluding hydrogens is 132 g/mol. The van der Waals surface area contributed by atoms with Crippen molar-refractivity contribution in [2.24, 2.45) is 0 Å². The van der Waals surface area contributed by atoms with Gasteiger partial charge in [0.15, 0.2) is 0 Å². The molecule has 0 atom stereocenters. The summed E-state index contributed by atoms with van der Waals surface area (Å²) in [6.45, 7) is 2.80. The van der Waals surface area contributed by atoms with Gasteiger partial charge in [-0.25, -0.2) is 4.79 Å². The van der Waals surface area contributed by atoms with Gasteiger partial charge in [0.1, 0.15) is 6.61 Å². The van der Waals surface area contributed by atoms with Crippen molar-refractivity contribution in [1.29, 1.82) is 0 Å². The molecule has 0 rings (SSSR count). The summed E-state index contributed by atoms with van der Waals surface area (Å²) in [5, 5.41) is 0. The molecule has 0 N–H and O–H groups in total. The Hall–Kier alpha value is -0.570. The fourth-order valence-electron chi connectivity index (χ4n) is 0.461. The summed E-state index contributed by atoms with van der Waals surface area (Å²) in [7, 11) is 1.35. The lowest BCUT2D eigenvalue weighted by Crippen LogP contribution is -2.10. The Bertz CT molecular complexity index is 90.9. The lowest BCUT2D eigenvalue weighted by molar-refractivity contribution is -0.145. The minimum absolute atomic E-state index is 0.0799. The molecule has 0 bridgehead atoms. The minimum atomic E-state index is -0.309. The van der Waals surface area contributed by atoms with Gasteiger partial charge in [0.05, 0.1) is 7.11 Å². The zero-order chi connectivity index (χ0) is 7.82. The molecule has 10 heavy (non-hydrogen) atoms. The first-order chi connectivity index (χ1) is 4.81. The summed E-state index contributed by atoms with van der Waals surface area (Å²) < 4.78 is 9.32. The van der Waals surface area contributed by atoms with Gasteiger partial charge in [-0.2, -0.15) is 0 Å². The van der Waals surface area contributed by atoms with Crippen LogP contribution in [-0.4, -0.2) is 26.3 Å². The summed E-state index contributed by atoms with van der Waals surface area (Å²) in [5.74, 6) is -0.309. The van der Waals surface area contributed by atoms with Crippen LogP contribution in [0.4, 0.5) is 0 Å². The lowest BCUT2D eigenvalue weighted by atomic mass is 10.4. The average molecular weight is 146 g/mol. The van der Waals surface area contributed by atoms with Crippen LogP contribution in [0.3, 0.4) is 0 Å². The molecule has 0 aliphatic heterocycles. The average Bonchev–Trinajstić information content (AvgIpc) is 1.98. The first-order valence-electron chi connectivity index (χ1n) is 3.45. The number of carbonyl (C=O) groups is 1. The van der Waals surface area contributed by atoms with Crippen LogP contribution in [0.2, 0.25) is 0 Å². The van der Waals surface area contributed by atoms with Gasteiger partial charge < -0.3 is 9.47 Å². The molecule has 0 saturated heterocycles. The van der Waals surface area contributed by atoms with Gasteiger partial charge in [0, 0.05) is 6.61 Å². The van der Waals surface area contributed by atoms with Crippen LogP contribution >= 0.6 is 0 Å². The van der Waals surface area contributed by atoms with Gasteiger partial charge in [0.25, 0.3) is 0 Å². The quantitative estimate of drug-likeness (QED) is 0.428. The first-order valence-corrected chi connectivity index (χ1v) is 3.45. The number of carbonyl (C=O) groups excluding carboxylic acids is 1. The van der Waals surface area contributed by atoms with Crippen LogP contribution in [0.15, 0.2) is 0 Å². The Morgan fingerprint density at radius 2 is 2.20 bits per heavy atom. The maximum atomic E-state index is 10.4. The molecule has 0 aliphatic rings. The van der Waals surface area contributed by atoms with Gasteiger partial charge in [-0.15, -0.1) is 0 Å². The van der Waals surface area contributed by atoms with E-state index in [1.807, 2.05) is 0 Å². The maximum absolute atomic E-state index is 10.4. The molecule has 0 amide bonds. The van der Waals surface area contributed by atoms with Crippen LogP contribution in [0.25, 0.3) is 0 Å². The van der Waals surface area contributed by atoms with Crippen molar-refractivity contribution in [2.75, 3.05) is 20.3 Å². The molecule has 0 radical (unpaired) electrons. The molecule has 60 valence electrons. The van der Waals surface area contributed by atoms with Crippen LogP contribution in [0, 0.1) is 0 Å². The number of hydrogen-bond acceptors (Lipinski definition) is 3. The lowest BCUT2D eigenvalue weighted by Gasteiger charge is -1.99. The SMILES string of the molecule is CCCCOCC(=O)OC. The van der Waals surface area contributed by atoms with E-state index in [4.69, 9.17) is 4.74 Å². The summed E-state index contributed by atoms with van der Waals surface area (Å²) in [6, 6.07) is 0. The molecule has 0 aromatic heterocycles. The van der Waals surface area contributed by atoms with E-state index in [0.717, 1.165) is 12.8 Å². The van der Waals surface area contributed by atoms with Crippen LogP contribution in [-0.2, 0) is 14.3 Å². The van der Waals surface area contributed by atoms with Crippen LogP contribution in [0.1, 0.15) is 19.8 Å². The second-order valence-electron chi connectivity index (χ2n) is 1.98. The maximum Gasteiger partial charge on any atom is 0.331 e. The first kappa shape index (κ1) is 9.43. The topological polar surface area (TPSA) is 35.5 Å². The number of ether oxygens (including phenoxy) is 2. The van der Waals surface area contributed by atoms with Crippen molar-refractivity contribution < 1.29 is 14.3 Å². The number of esters is 1. The van der Waals surface area contributed by atoms with Crippen molar-refractivity contribution in [1.82, 2.24) is 0 Å². The smallest absolute Gasteiger partial charge is 0.331 e. The van der Waals surface area contributed by atoms with Crippen molar-refractivity contribution >= 4 is 5.97 Å². The largest absolute Gasteiger partial charge is 0.467 e. The molecule has 0 aliphatic carbocycles. The standard InChI is InChI=1S/C7H14O3/c1-3-4-5-10-6-7(8)9-2/h3-6H2,1-2H3. The van der Waals surface area contributed by atoms with Gasteiger partial charge in [-0.3, -0.25) is 0 Å². The second kappa shape index (κ2) is 6.55. The van der Waals surface area contributed by atoms with Gasteiger partial charge in [-0.05, 0) is 6.42 Å². The normalized spacial score (nSPS) is 9.40. The second-order valence-corrected chi connectivity index (χ2v) is 1.98. The molecule has 0 aromatic rings. The van der Waals surface area contributed by atoms with Gasteiger partial charge >= 0.3 is 5.97 Å². The molecule has 3 nitrogen and oxygen atoms in total. The van der Waals surface area contributed by atoms with Gasteiger partial charge in [-0.1, -0.05) is 13.3 Å². The van der Waals surface area contributed by atoms with Crippen molar-refractivity contribution in [3.05, 3.63) is 0 Å².